The molecule has 1 fully saturated rings. The lowest BCUT2D eigenvalue weighted by Crippen LogP contribution is -2.25. The van der Waals surface area contributed by atoms with Crippen LogP contribution in [0, 0.1) is 0 Å². The number of carbonyl (C=O) groups excluding carboxylic acids is 1. The molecule has 0 radical (unpaired) electrons. The number of ether oxygens (including phenoxy) is 1. The highest BCUT2D eigenvalue weighted by molar-refractivity contribution is 7.80. The summed E-state index contributed by atoms with van der Waals surface area (Å²) in [6.45, 7) is 0. The van der Waals surface area contributed by atoms with Crippen LogP contribution in [0.4, 0.5) is 0 Å². The van der Waals surface area contributed by atoms with E-state index in [1.807, 2.05) is 24.3 Å². The summed E-state index contributed by atoms with van der Waals surface area (Å²) in [6, 6.07) is 7.58. The van der Waals surface area contributed by atoms with Crippen LogP contribution in [0.15, 0.2) is 29.2 Å². The summed E-state index contributed by atoms with van der Waals surface area (Å²) in [5, 5.41) is 0. The van der Waals surface area contributed by atoms with Crippen LogP contribution in [0.5, 0.6) is 0 Å². The molecule has 0 amide bonds. The van der Waals surface area contributed by atoms with Gasteiger partial charge in [0.2, 0.25) is 0 Å². The van der Waals surface area contributed by atoms with Crippen molar-refractivity contribution >= 4 is 18.6 Å². The van der Waals surface area contributed by atoms with E-state index in [1.54, 1.807) is 0 Å². The van der Waals surface area contributed by atoms with E-state index in [0.717, 1.165) is 23.3 Å². The monoisotopic (exact) mass is 222 g/mol. The van der Waals surface area contributed by atoms with Crippen LogP contribution in [0.25, 0.3) is 0 Å². The molecule has 80 valence electrons. The number of hydrogen-bond donors (Lipinski definition) is 1. The van der Waals surface area contributed by atoms with E-state index in [1.165, 1.54) is 6.42 Å². The van der Waals surface area contributed by atoms with Crippen molar-refractivity contribution in [2.24, 2.45) is 0 Å². The van der Waals surface area contributed by atoms with Crippen molar-refractivity contribution in [3.05, 3.63) is 29.8 Å². The van der Waals surface area contributed by atoms with Crippen LogP contribution in [0.3, 0.4) is 0 Å². The van der Waals surface area contributed by atoms with Gasteiger partial charge in [0, 0.05) is 4.90 Å². The first kappa shape index (κ1) is 10.6. The first-order valence-electron chi connectivity index (χ1n) is 5.21. The minimum absolute atomic E-state index is 0.119. The lowest BCUT2D eigenvalue weighted by molar-refractivity contribution is -0.152. The second-order valence-electron chi connectivity index (χ2n) is 3.89. The van der Waals surface area contributed by atoms with Gasteiger partial charge in [-0.3, -0.25) is 4.79 Å². The summed E-state index contributed by atoms with van der Waals surface area (Å²) < 4.78 is 5.26. The highest BCUT2D eigenvalue weighted by Crippen LogP contribution is 2.22. The van der Waals surface area contributed by atoms with Gasteiger partial charge >= 0.3 is 5.97 Å². The van der Waals surface area contributed by atoms with Crippen molar-refractivity contribution in [3.8, 4) is 0 Å². The van der Waals surface area contributed by atoms with Crippen LogP contribution in [-0.4, -0.2) is 12.1 Å². The molecule has 0 spiro atoms. The zero-order valence-electron chi connectivity index (χ0n) is 8.48. The van der Waals surface area contributed by atoms with Gasteiger partial charge in [0.25, 0.3) is 0 Å². The number of rotatable bonds is 3. The molecular formula is C12H14O2S. The maximum absolute atomic E-state index is 11.5. The topological polar surface area (TPSA) is 26.3 Å². The number of esters is 1. The molecule has 0 bridgehead atoms. The maximum atomic E-state index is 11.5. The van der Waals surface area contributed by atoms with Crippen LogP contribution >= 0.6 is 12.6 Å². The van der Waals surface area contributed by atoms with E-state index >= 15 is 0 Å². The molecule has 0 aliphatic heterocycles. The Balaban J connectivity index is 1.84. The first-order chi connectivity index (χ1) is 7.24. The molecule has 1 aromatic rings. The van der Waals surface area contributed by atoms with E-state index in [9.17, 15) is 4.79 Å². The van der Waals surface area contributed by atoms with Gasteiger partial charge in [0.05, 0.1) is 6.42 Å². The first-order valence-corrected chi connectivity index (χ1v) is 5.66. The molecule has 0 aromatic heterocycles. The van der Waals surface area contributed by atoms with Gasteiger partial charge < -0.3 is 4.74 Å². The summed E-state index contributed by atoms with van der Waals surface area (Å²) in [5.41, 5.74) is 0.983. The Labute approximate surface area is 95.0 Å². The van der Waals surface area contributed by atoms with E-state index in [0.29, 0.717) is 6.42 Å². The molecule has 0 N–H and O–H groups in total. The van der Waals surface area contributed by atoms with Crippen LogP contribution in [0.2, 0.25) is 0 Å². The third-order valence-electron chi connectivity index (χ3n) is 2.64. The molecule has 1 aliphatic rings. The molecule has 0 atom stereocenters. The van der Waals surface area contributed by atoms with Gasteiger partial charge in [-0.1, -0.05) is 12.1 Å². The molecule has 1 aromatic carbocycles. The fourth-order valence-electron chi connectivity index (χ4n) is 1.50. The fourth-order valence-corrected chi connectivity index (χ4v) is 1.65. The predicted molar refractivity (Wildman–Crippen MR) is 61.1 cm³/mol. The molecule has 15 heavy (non-hydrogen) atoms. The van der Waals surface area contributed by atoms with Crippen molar-refractivity contribution in [1.82, 2.24) is 0 Å². The summed E-state index contributed by atoms with van der Waals surface area (Å²) in [4.78, 5) is 12.4. The molecular weight excluding hydrogens is 208 g/mol. The molecule has 0 heterocycles. The standard InChI is InChI=1S/C12H14O2S/c13-12(14-10-2-1-3-10)8-9-4-6-11(15)7-5-9/h4-7,10,15H,1-3,8H2. The van der Waals surface area contributed by atoms with Crippen molar-refractivity contribution in [2.45, 2.75) is 36.7 Å². The lowest BCUT2D eigenvalue weighted by Gasteiger charge is -2.25. The largest absolute Gasteiger partial charge is 0.462 e. The van der Waals surface area contributed by atoms with Crippen molar-refractivity contribution in [2.75, 3.05) is 0 Å². The molecule has 3 heteroatoms. The van der Waals surface area contributed by atoms with E-state index in [-0.39, 0.29) is 12.1 Å². The lowest BCUT2D eigenvalue weighted by atomic mass is 9.96. The van der Waals surface area contributed by atoms with Gasteiger partial charge in [-0.25, -0.2) is 0 Å². The van der Waals surface area contributed by atoms with Gasteiger partial charge in [0.1, 0.15) is 6.10 Å². The minimum atomic E-state index is -0.119. The van der Waals surface area contributed by atoms with Crippen LogP contribution in [0.1, 0.15) is 24.8 Å². The van der Waals surface area contributed by atoms with Gasteiger partial charge in [0.15, 0.2) is 0 Å². The van der Waals surface area contributed by atoms with Gasteiger partial charge in [-0.15, -0.1) is 12.6 Å². The van der Waals surface area contributed by atoms with Gasteiger partial charge in [-0.05, 0) is 37.0 Å². The third kappa shape index (κ3) is 2.99. The number of thiol groups is 1. The molecule has 0 saturated heterocycles. The Morgan fingerprint density at radius 2 is 2.00 bits per heavy atom. The molecule has 1 aliphatic carbocycles. The second-order valence-corrected chi connectivity index (χ2v) is 4.40. The summed E-state index contributed by atoms with van der Waals surface area (Å²) in [6.07, 6.45) is 3.79. The zero-order valence-corrected chi connectivity index (χ0v) is 9.37. The summed E-state index contributed by atoms with van der Waals surface area (Å²) in [5.74, 6) is -0.119. The third-order valence-corrected chi connectivity index (χ3v) is 2.93. The van der Waals surface area contributed by atoms with E-state index < -0.39 is 0 Å². The predicted octanol–water partition coefficient (Wildman–Crippen LogP) is 2.61. The van der Waals surface area contributed by atoms with Crippen LogP contribution < -0.4 is 0 Å². The van der Waals surface area contributed by atoms with Gasteiger partial charge in [-0.2, -0.15) is 0 Å². The van der Waals surface area contributed by atoms with Crippen LogP contribution in [-0.2, 0) is 16.0 Å². The summed E-state index contributed by atoms with van der Waals surface area (Å²) >= 11 is 4.19. The molecule has 1 saturated carbocycles. The Bertz CT molecular complexity index is 341. The minimum Gasteiger partial charge on any atom is -0.462 e. The van der Waals surface area contributed by atoms with Crippen molar-refractivity contribution in [3.63, 3.8) is 0 Å². The second kappa shape index (κ2) is 4.71. The Hall–Kier alpha value is -0.960. The quantitative estimate of drug-likeness (QED) is 0.628. The SMILES string of the molecule is O=C(Cc1ccc(S)cc1)OC1CCC1. The van der Waals surface area contributed by atoms with E-state index in [4.69, 9.17) is 4.74 Å². The normalized spacial score (nSPS) is 15.8. The van der Waals surface area contributed by atoms with E-state index in [2.05, 4.69) is 12.6 Å². The summed E-state index contributed by atoms with van der Waals surface area (Å²) in [7, 11) is 0. The number of benzene rings is 1. The Morgan fingerprint density at radius 1 is 1.33 bits per heavy atom. The van der Waals surface area contributed by atoms with Crippen molar-refractivity contribution in [1.29, 1.82) is 0 Å². The zero-order chi connectivity index (χ0) is 10.7. The average Bonchev–Trinajstić information content (AvgIpc) is 2.16. The highest BCUT2D eigenvalue weighted by Gasteiger charge is 2.21. The Morgan fingerprint density at radius 3 is 2.53 bits per heavy atom. The highest BCUT2D eigenvalue weighted by atomic mass is 32.1. The fraction of sp³-hybridized carbons (Fsp3) is 0.417. The Kier molecular flexibility index (Phi) is 3.31. The molecule has 2 rings (SSSR count). The molecule has 2 nitrogen and oxygen atoms in total. The molecule has 0 unspecified atom stereocenters. The maximum Gasteiger partial charge on any atom is 0.310 e. The van der Waals surface area contributed by atoms with Crippen molar-refractivity contribution < 1.29 is 9.53 Å². The average molecular weight is 222 g/mol. The smallest absolute Gasteiger partial charge is 0.310 e. The number of carbonyl (C=O) groups is 1. The number of hydrogen-bond acceptors (Lipinski definition) is 3.